The number of halogens is 2. The first-order chi connectivity index (χ1) is 18.4. The molecule has 0 bridgehead atoms. The van der Waals surface area contributed by atoms with Gasteiger partial charge in [0.2, 0.25) is 17.7 Å². The van der Waals surface area contributed by atoms with Crippen LogP contribution in [0.5, 0.6) is 0 Å². The van der Waals surface area contributed by atoms with Crippen LogP contribution in [0.2, 0.25) is 0 Å². The van der Waals surface area contributed by atoms with Crippen molar-refractivity contribution in [2.45, 2.75) is 50.8 Å². The minimum atomic E-state index is -1.26. The molecule has 4 rings (SSSR count). The van der Waals surface area contributed by atoms with Crippen LogP contribution in [0, 0.1) is 17.0 Å². The molecule has 1 spiro atoms. The summed E-state index contributed by atoms with van der Waals surface area (Å²) >= 11 is 0. The number of nitrogens with zero attached hydrogens (tertiary/aromatic N) is 2. The molecule has 10 heteroatoms. The van der Waals surface area contributed by atoms with Crippen LogP contribution < -0.4 is 11.1 Å². The van der Waals surface area contributed by atoms with Gasteiger partial charge < -0.3 is 25.6 Å². The summed E-state index contributed by atoms with van der Waals surface area (Å²) in [5, 5.41) is 2.68. The molecule has 3 N–H and O–H groups in total. The largest absolute Gasteiger partial charge is 0.374 e. The monoisotopic (exact) mass is 542 g/mol. The fourth-order valence-corrected chi connectivity index (χ4v) is 5.57. The summed E-state index contributed by atoms with van der Waals surface area (Å²) in [5.41, 5.74) is 5.09. The minimum Gasteiger partial charge on any atom is -0.374 e. The Balaban J connectivity index is 1.54. The number of hydrogen-bond acceptors (Lipinski definition) is 5. The van der Waals surface area contributed by atoms with Crippen molar-refractivity contribution in [3.8, 4) is 0 Å². The second-order valence-electron chi connectivity index (χ2n) is 11.2. The lowest BCUT2D eigenvalue weighted by atomic mass is 9.69. The fourth-order valence-electron chi connectivity index (χ4n) is 5.57. The van der Waals surface area contributed by atoms with E-state index in [4.69, 9.17) is 10.5 Å². The van der Waals surface area contributed by atoms with Crippen LogP contribution in [0.25, 0.3) is 0 Å². The Labute approximate surface area is 227 Å². The number of likely N-dealkylation sites (N-methyl/N-ethyl adjacent to an activating group) is 1. The Kier molecular flexibility index (Phi) is 8.37. The lowest BCUT2D eigenvalue weighted by molar-refractivity contribution is -0.147. The van der Waals surface area contributed by atoms with Gasteiger partial charge in [-0.2, -0.15) is 0 Å². The molecule has 0 radical (unpaired) electrons. The standard InChI is InChI=1S/C29H36F2N4O4/c1-28(2,32)26(37)33-24(17-39-16-20-10-11-21(30)14-23(20)31)25(36)35-13-7-12-29(18-35)22(15-34(3)27(29)38)19-8-5-4-6-9-19/h4-6,8-11,14,22,24H,7,12-13,15-18,32H2,1-3H3,(H,33,37)/t22?,24?,29-/m0/s1. The highest BCUT2D eigenvalue weighted by atomic mass is 19.1. The normalized spacial score (nSPS) is 22.3. The Morgan fingerprint density at radius 1 is 1.21 bits per heavy atom. The highest BCUT2D eigenvalue weighted by Gasteiger charge is 2.55. The number of nitrogens with two attached hydrogens (primary N) is 1. The summed E-state index contributed by atoms with van der Waals surface area (Å²) in [4.78, 5) is 43.4. The van der Waals surface area contributed by atoms with E-state index in [1.807, 2.05) is 30.3 Å². The Bertz CT molecular complexity index is 1220. The fraction of sp³-hybridized carbons (Fsp3) is 0.483. The van der Waals surface area contributed by atoms with Crippen molar-refractivity contribution >= 4 is 17.7 Å². The van der Waals surface area contributed by atoms with Crippen LogP contribution in [0.4, 0.5) is 8.78 Å². The molecule has 2 aromatic carbocycles. The van der Waals surface area contributed by atoms with Crippen LogP contribution in [-0.4, -0.2) is 72.4 Å². The minimum absolute atomic E-state index is 0.000523. The summed E-state index contributed by atoms with van der Waals surface area (Å²) in [7, 11) is 1.78. The van der Waals surface area contributed by atoms with Crippen molar-refractivity contribution < 1.29 is 27.9 Å². The Morgan fingerprint density at radius 3 is 2.59 bits per heavy atom. The second-order valence-corrected chi connectivity index (χ2v) is 11.2. The number of amides is 3. The van der Waals surface area contributed by atoms with Gasteiger partial charge in [-0.1, -0.05) is 36.4 Å². The average Bonchev–Trinajstić information content (AvgIpc) is 3.13. The van der Waals surface area contributed by atoms with Gasteiger partial charge >= 0.3 is 0 Å². The molecule has 3 amide bonds. The molecule has 2 saturated heterocycles. The number of nitrogens with one attached hydrogen (secondary N) is 1. The van der Waals surface area contributed by atoms with Gasteiger partial charge in [-0.05, 0) is 38.3 Å². The summed E-state index contributed by atoms with van der Waals surface area (Å²) in [5.74, 6) is -2.51. The van der Waals surface area contributed by atoms with Gasteiger partial charge in [0.1, 0.15) is 17.7 Å². The average molecular weight is 543 g/mol. The third-order valence-corrected chi connectivity index (χ3v) is 7.68. The molecule has 2 aliphatic rings. The number of carbonyl (C=O) groups excluding carboxylic acids is 3. The zero-order valence-electron chi connectivity index (χ0n) is 22.6. The summed E-state index contributed by atoms with van der Waals surface area (Å²) < 4.78 is 33.0. The number of carbonyl (C=O) groups is 3. The van der Waals surface area contributed by atoms with Crippen molar-refractivity contribution in [2.24, 2.45) is 11.1 Å². The smallest absolute Gasteiger partial charge is 0.247 e. The molecule has 2 aromatic rings. The zero-order chi connectivity index (χ0) is 28.4. The SMILES string of the molecule is CN1CC(c2ccccc2)[C@@]2(CCCN(C(=O)C(COCc3ccc(F)cc3F)NC(=O)C(C)(C)N)C2)C1=O. The molecule has 39 heavy (non-hydrogen) atoms. The lowest BCUT2D eigenvalue weighted by Gasteiger charge is -2.43. The molecule has 2 unspecified atom stereocenters. The highest BCUT2D eigenvalue weighted by molar-refractivity contribution is 5.92. The molecule has 2 heterocycles. The van der Waals surface area contributed by atoms with Gasteiger partial charge in [-0.25, -0.2) is 8.78 Å². The number of likely N-dealkylation sites (tertiary alicyclic amines) is 2. The summed E-state index contributed by atoms with van der Waals surface area (Å²) in [6.07, 6.45) is 1.27. The maximum absolute atomic E-state index is 14.1. The molecule has 2 aliphatic heterocycles. The lowest BCUT2D eigenvalue weighted by Crippen LogP contribution is -2.60. The van der Waals surface area contributed by atoms with Gasteiger partial charge in [0.05, 0.1) is 24.2 Å². The number of hydrogen-bond donors (Lipinski definition) is 2. The van der Waals surface area contributed by atoms with E-state index in [9.17, 15) is 23.2 Å². The number of rotatable bonds is 8. The van der Waals surface area contributed by atoms with Crippen molar-refractivity contribution in [2.75, 3.05) is 33.3 Å². The third kappa shape index (κ3) is 6.12. The summed E-state index contributed by atoms with van der Waals surface area (Å²) in [6.45, 7) is 3.75. The van der Waals surface area contributed by atoms with Crippen LogP contribution in [0.1, 0.15) is 43.7 Å². The molecule has 2 fully saturated rings. The first-order valence-electron chi connectivity index (χ1n) is 13.1. The van der Waals surface area contributed by atoms with E-state index < -0.39 is 40.4 Å². The van der Waals surface area contributed by atoms with Crippen molar-refractivity contribution in [1.82, 2.24) is 15.1 Å². The molecule has 8 nitrogen and oxygen atoms in total. The van der Waals surface area contributed by atoms with Crippen LogP contribution in [-0.2, 0) is 25.7 Å². The van der Waals surface area contributed by atoms with Crippen LogP contribution in [0.15, 0.2) is 48.5 Å². The van der Waals surface area contributed by atoms with E-state index >= 15 is 0 Å². The van der Waals surface area contributed by atoms with E-state index in [1.54, 1.807) is 16.8 Å². The van der Waals surface area contributed by atoms with Gasteiger partial charge in [0.15, 0.2) is 0 Å². The van der Waals surface area contributed by atoms with E-state index in [2.05, 4.69) is 5.32 Å². The maximum atomic E-state index is 14.1. The van der Waals surface area contributed by atoms with Crippen molar-refractivity contribution in [3.63, 3.8) is 0 Å². The predicted octanol–water partition coefficient (Wildman–Crippen LogP) is 2.57. The van der Waals surface area contributed by atoms with Gasteiger partial charge in [0, 0.05) is 44.2 Å². The van der Waals surface area contributed by atoms with Gasteiger partial charge in [-0.3, -0.25) is 14.4 Å². The molecule has 0 aliphatic carbocycles. The zero-order valence-corrected chi connectivity index (χ0v) is 22.6. The predicted molar refractivity (Wildman–Crippen MR) is 141 cm³/mol. The molecule has 0 saturated carbocycles. The quantitative estimate of drug-likeness (QED) is 0.534. The van der Waals surface area contributed by atoms with Gasteiger partial charge in [0.25, 0.3) is 0 Å². The number of ether oxygens (including phenoxy) is 1. The van der Waals surface area contributed by atoms with E-state index in [-0.39, 0.29) is 37.1 Å². The highest BCUT2D eigenvalue weighted by Crippen LogP contribution is 2.49. The first kappa shape index (κ1) is 28.6. The molecule has 0 aromatic heterocycles. The molecular formula is C29H36F2N4O4. The maximum Gasteiger partial charge on any atom is 0.247 e. The third-order valence-electron chi connectivity index (χ3n) is 7.68. The Morgan fingerprint density at radius 2 is 1.92 bits per heavy atom. The van der Waals surface area contributed by atoms with Crippen LogP contribution in [0.3, 0.4) is 0 Å². The molecule has 210 valence electrons. The molecular weight excluding hydrogens is 506 g/mol. The molecule has 3 atom stereocenters. The number of benzene rings is 2. The van der Waals surface area contributed by atoms with E-state index in [1.165, 1.54) is 19.9 Å². The van der Waals surface area contributed by atoms with Crippen LogP contribution >= 0.6 is 0 Å². The van der Waals surface area contributed by atoms with E-state index in [0.29, 0.717) is 25.9 Å². The number of piperidine rings is 1. The topological polar surface area (TPSA) is 105 Å². The van der Waals surface area contributed by atoms with Gasteiger partial charge in [-0.15, -0.1) is 0 Å². The van der Waals surface area contributed by atoms with Crippen molar-refractivity contribution in [3.05, 3.63) is 71.3 Å². The summed E-state index contributed by atoms with van der Waals surface area (Å²) in [6, 6.07) is 11.9. The first-order valence-corrected chi connectivity index (χ1v) is 13.1. The second kappa shape index (κ2) is 11.4. The van der Waals surface area contributed by atoms with Crippen molar-refractivity contribution in [1.29, 1.82) is 0 Å². The van der Waals surface area contributed by atoms with E-state index in [0.717, 1.165) is 17.7 Å². The Hall–Kier alpha value is -3.37.